The molecule has 5 N–H and O–H groups in total. The normalized spacial score (nSPS) is 10.8. The van der Waals surface area contributed by atoms with Crippen molar-refractivity contribution < 1.29 is 68.6 Å². The van der Waals surface area contributed by atoms with Crippen molar-refractivity contribution >= 4 is 92.1 Å². The number of aromatic carboxylic acids is 1. The van der Waals surface area contributed by atoms with Gasteiger partial charge in [0.05, 0.1) is 57.0 Å². The van der Waals surface area contributed by atoms with Crippen LogP contribution < -0.4 is 15.2 Å². The summed E-state index contributed by atoms with van der Waals surface area (Å²) < 4.78 is 87.3. The Morgan fingerprint density at radius 3 is 1.06 bits per heavy atom. The van der Waals surface area contributed by atoms with Crippen LogP contribution in [0.2, 0.25) is 0 Å². The van der Waals surface area contributed by atoms with Gasteiger partial charge >= 0.3 is 17.9 Å². The Kier molecular flexibility index (Phi) is 22.5. The van der Waals surface area contributed by atoms with Crippen molar-refractivity contribution in [2.75, 3.05) is 29.4 Å². The number of methoxy groups -OCH3 is 2. The Morgan fingerprint density at radius 2 is 0.713 bits per heavy atom. The molecule has 0 bridgehead atoms. The highest BCUT2D eigenvalue weighted by Crippen LogP contribution is 2.31. The average Bonchev–Trinajstić information content (AvgIpc) is 1.69. The minimum absolute atomic E-state index is 0.0536. The van der Waals surface area contributed by atoms with Crippen molar-refractivity contribution in [3.05, 3.63) is 252 Å². The molecule has 0 radical (unpaired) electrons. The largest absolute Gasteiger partial charge is 0.478 e. The number of carboxylic acids is 1. The van der Waals surface area contributed by atoms with Crippen molar-refractivity contribution in [1.29, 1.82) is 0 Å². The van der Waals surface area contributed by atoms with Crippen molar-refractivity contribution in [3.63, 3.8) is 0 Å². The number of rotatable bonds is 16. The van der Waals surface area contributed by atoms with Gasteiger partial charge in [0.2, 0.25) is 0 Å². The second-order valence-corrected chi connectivity index (χ2v) is 24.5. The number of nitrogens with one attached hydrogen (secondary N) is 2. The van der Waals surface area contributed by atoms with Crippen molar-refractivity contribution in [3.8, 4) is 33.4 Å². The molecule has 0 aliphatic carbocycles. The molecule has 0 saturated heterocycles. The SMILES string of the molecule is CC(=O)c1cccc(S(=O)(=O)Cl)c1.CC(=O)c1cccc(S(=O)(=O)Nc2cc(-c3ccccc3)ccc2C(=O)O)c1.COC(=O)c1ccc(-c2ccccc2)cc1N.COC(=O)c1ccc(-c2ccccc2)cc1NS(=O)(=O)c1cccc(C(C)=O)c1. The van der Waals surface area contributed by atoms with Gasteiger partial charge in [-0.25, -0.2) is 39.6 Å². The van der Waals surface area contributed by atoms with Gasteiger partial charge in [0.1, 0.15) is 0 Å². The topological polar surface area (TPSA) is 294 Å². The minimum atomic E-state index is -4.09. The predicted molar refractivity (Wildman–Crippen MR) is 334 cm³/mol. The van der Waals surface area contributed by atoms with E-state index in [1.165, 1.54) is 126 Å². The van der Waals surface area contributed by atoms with Gasteiger partial charge in [-0.3, -0.25) is 23.8 Å². The molecule has 0 amide bonds. The Hall–Kier alpha value is -10.1. The first-order chi connectivity index (χ1) is 41.2. The number of hydrogen-bond acceptors (Lipinski definition) is 15. The highest BCUT2D eigenvalue weighted by atomic mass is 35.7. The summed E-state index contributed by atoms with van der Waals surface area (Å²) in [4.78, 5) is 68.8. The summed E-state index contributed by atoms with van der Waals surface area (Å²) in [5.41, 5.74) is 12.6. The smallest absolute Gasteiger partial charge is 0.339 e. The van der Waals surface area contributed by atoms with E-state index in [1.807, 2.05) is 97.1 Å². The van der Waals surface area contributed by atoms with Crippen molar-refractivity contribution in [1.82, 2.24) is 0 Å². The first-order valence-corrected chi connectivity index (χ1v) is 31.1. The molecule has 0 saturated carbocycles. The van der Waals surface area contributed by atoms with E-state index in [4.69, 9.17) is 21.2 Å². The highest BCUT2D eigenvalue weighted by Gasteiger charge is 2.23. The number of Topliss-reactive ketones (excluding diaryl/α,β-unsaturated/α-hetero) is 3. The number of nitrogen functional groups attached to an aromatic ring is 1. The lowest BCUT2D eigenvalue weighted by Gasteiger charge is -2.14. The van der Waals surface area contributed by atoms with Crippen molar-refractivity contribution in [2.24, 2.45) is 0 Å². The van der Waals surface area contributed by atoms with Crippen molar-refractivity contribution in [2.45, 2.75) is 35.5 Å². The summed E-state index contributed by atoms with van der Waals surface area (Å²) in [5, 5.41) is 9.43. The van der Waals surface area contributed by atoms with Gasteiger partial charge in [-0.05, 0) is 127 Å². The van der Waals surface area contributed by atoms with Crippen LogP contribution in [0.5, 0.6) is 0 Å². The van der Waals surface area contributed by atoms with Crippen LogP contribution >= 0.6 is 10.7 Å². The third-order valence-electron chi connectivity index (χ3n) is 12.6. The second kappa shape index (κ2) is 29.6. The van der Waals surface area contributed by atoms with E-state index in [1.54, 1.807) is 30.3 Å². The van der Waals surface area contributed by atoms with Gasteiger partial charge in [-0.15, -0.1) is 0 Å². The van der Waals surface area contributed by atoms with Gasteiger partial charge < -0.3 is 20.3 Å². The zero-order valence-electron chi connectivity index (χ0n) is 47.1. The fraction of sp³-hybridized carbons (Fsp3) is 0.0769. The van der Waals surface area contributed by atoms with Gasteiger partial charge in [0.25, 0.3) is 29.1 Å². The number of sulfonamides is 2. The number of nitrogens with two attached hydrogens (primary N) is 1. The molecule has 22 heteroatoms. The maximum atomic E-state index is 12.9. The van der Waals surface area contributed by atoms with E-state index in [2.05, 4.69) is 14.2 Å². The highest BCUT2D eigenvalue weighted by molar-refractivity contribution is 8.13. The maximum Gasteiger partial charge on any atom is 0.339 e. The second-order valence-electron chi connectivity index (χ2n) is 18.6. The lowest BCUT2D eigenvalue weighted by molar-refractivity contribution is 0.0593. The molecule has 0 aliphatic rings. The number of ketones is 3. The third kappa shape index (κ3) is 18.2. The van der Waals surface area contributed by atoms with Gasteiger partial charge in [0, 0.05) is 33.1 Å². The predicted octanol–water partition coefficient (Wildman–Crippen LogP) is 12.7. The fourth-order valence-electron chi connectivity index (χ4n) is 8.06. The molecule has 87 heavy (non-hydrogen) atoms. The Balaban J connectivity index is 0.000000194. The van der Waals surface area contributed by atoms with Gasteiger partial charge in [-0.1, -0.05) is 146 Å². The Bertz CT molecular complexity index is 4380. The molecule has 0 spiro atoms. The van der Waals surface area contributed by atoms with Crippen LogP contribution in [-0.2, 0) is 38.6 Å². The molecule has 18 nitrogen and oxygen atoms in total. The number of carboxylic acid groups (broad SMARTS) is 1. The average molecular weight is 1250 g/mol. The molecule has 9 aromatic rings. The number of benzene rings is 9. The molecule has 0 aromatic heterocycles. The number of carbonyl (C=O) groups excluding carboxylic acids is 5. The van der Waals surface area contributed by atoms with Crippen LogP contribution in [0.3, 0.4) is 0 Å². The number of halogens is 1. The van der Waals surface area contributed by atoms with E-state index in [0.717, 1.165) is 27.8 Å². The summed E-state index contributed by atoms with van der Waals surface area (Å²) in [6.45, 7) is 4.06. The molecular weight excluding hydrogens is 1190 g/mol. The first kappa shape index (κ1) is 66.1. The van der Waals surface area contributed by atoms with E-state index in [-0.39, 0.29) is 65.7 Å². The summed E-state index contributed by atoms with van der Waals surface area (Å²) in [6, 6.07) is 59.9. The monoisotopic (exact) mass is 1250 g/mol. The van der Waals surface area contributed by atoms with E-state index in [9.17, 15) is 59.1 Å². The lowest BCUT2D eigenvalue weighted by atomic mass is 10.0. The maximum absolute atomic E-state index is 12.9. The molecule has 0 unspecified atom stereocenters. The zero-order chi connectivity index (χ0) is 63.6. The van der Waals surface area contributed by atoms with Gasteiger partial charge in [-0.2, -0.15) is 0 Å². The summed E-state index contributed by atoms with van der Waals surface area (Å²) in [7, 11) is -4.21. The number of esters is 2. The molecule has 9 aromatic carbocycles. The number of hydrogen-bond donors (Lipinski definition) is 4. The van der Waals surface area contributed by atoms with Crippen LogP contribution in [0.25, 0.3) is 33.4 Å². The first-order valence-electron chi connectivity index (χ1n) is 25.8. The van der Waals surface area contributed by atoms with Crippen LogP contribution in [0.15, 0.2) is 233 Å². The molecule has 0 fully saturated rings. The Labute approximate surface area is 507 Å². The molecule has 0 atom stereocenters. The summed E-state index contributed by atoms with van der Waals surface area (Å²) >= 11 is 0. The molecule has 9 rings (SSSR count). The van der Waals surface area contributed by atoms with Gasteiger partial charge in [0.15, 0.2) is 17.3 Å². The van der Waals surface area contributed by atoms with Crippen LogP contribution in [0.4, 0.5) is 17.1 Å². The number of anilines is 3. The molecular formula is C65H56ClN3O15S3. The van der Waals surface area contributed by atoms with Crippen LogP contribution in [0.1, 0.15) is 82.9 Å². The molecule has 446 valence electrons. The molecule has 0 aliphatic heterocycles. The van der Waals surface area contributed by atoms with E-state index in [0.29, 0.717) is 22.4 Å². The van der Waals surface area contributed by atoms with E-state index < -0.39 is 47.0 Å². The standard InChI is InChI=1S/C22H19NO5S.C21H17NO5S.C14H13NO2.C8H7ClO3S/c1-15(24)17-9-6-10-19(13-17)29(26,27)23-21-14-18(16-7-4-3-5-8-16)11-12-20(21)22(25)28-2;1-14(23)16-8-5-9-18(12-16)28(26,27)22-20-13-17(10-11-19(20)21(24)25)15-6-3-2-4-7-15;1-17-14(16)12-8-7-11(9-13(12)15)10-5-3-2-4-6-10;1-6(10)7-3-2-4-8(5-7)13(9,11)12/h3-14,23H,1-2H3;2-13,22H,1H3,(H,24,25);2-9H,15H2,1H3;2-5H,1H3. The number of ether oxygens (including phenoxy) is 2. The Morgan fingerprint density at radius 1 is 0.391 bits per heavy atom. The number of carbonyl (C=O) groups is 6. The zero-order valence-corrected chi connectivity index (χ0v) is 50.3. The van der Waals surface area contributed by atoms with Crippen LogP contribution in [0, 0.1) is 0 Å². The summed E-state index contributed by atoms with van der Waals surface area (Å²) in [5.74, 6) is -3.04. The van der Waals surface area contributed by atoms with E-state index >= 15 is 0 Å². The molecule has 0 heterocycles. The summed E-state index contributed by atoms with van der Waals surface area (Å²) in [6.07, 6.45) is 0. The minimum Gasteiger partial charge on any atom is -0.478 e. The quantitative estimate of drug-likeness (QED) is 0.0302. The lowest BCUT2D eigenvalue weighted by Crippen LogP contribution is -2.16. The fourth-order valence-corrected chi connectivity index (χ4v) is 11.1. The third-order valence-corrected chi connectivity index (χ3v) is 16.6. The van der Waals surface area contributed by atoms with Crippen LogP contribution in [-0.4, -0.2) is 79.8 Å².